The molecule has 154 valence electrons. The molecule has 1 amide bonds. The molecule has 3 aromatic rings. The normalized spacial score (nSPS) is 12.9. The van der Waals surface area contributed by atoms with Crippen molar-refractivity contribution in [2.75, 3.05) is 23.9 Å². The zero-order valence-corrected chi connectivity index (χ0v) is 17.5. The van der Waals surface area contributed by atoms with E-state index in [1.165, 1.54) is 16.8 Å². The number of aromatic nitrogens is 1. The van der Waals surface area contributed by atoms with Gasteiger partial charge < -0.3 is 15.0 Å². The van der Waals surface area contributed by atoms with Crippen LogP contribution in [0.4, 0.5) is 11.4 Å². The van der Waals surface area contributed by atoms with Gasteiger partial charge in [-0.2, -0.15) is 0 Å². The van der Waals surface area contributed by atoms with Crippen molar-refractivity contribution in [2.24, 2.45) is 0 Å². The van der Waals surface area contributed by atoms with Gasteiger partial charge in [0.2, 0.25) is 5.91 Å². The molecule has 1 aliphatic heterocycles. The molecule has 0 spiro atoms. The number of methoxy groups -OCH3 is 1. The van der Waals surface area contributed by atoms with Crippen molar-refractivity contribution < 1.29 is 9.53 Å². The summed E-state index contributed by atoms with van der Waals surface area (Å²) >= 11 is 0. The molecule has 0 bridgehead atoms. The van der Waals surface area contributed by atoms with Crippen molar-refractivity contribution >= 4 is 17.3 Å². The van der Waals surface area contributed by atoms with E-state index in [1.54, 1.807) is 7.11 Å². The summed E-state index contributed by atoms with van der Waals surface area (Å²) in [5.41, 5.74) is 6.73. The van der Waals surface area contributed by atoms with Crippen molar-refractivity contribution in [3.8, 4) is 5.75 Å². The lowest BCUT2D eigenvalue weighted by Crippen LogP contribution is -2.30. The number of benzene rings is 2. The van der Waals surface area contributed by atoms with E-state index in [2.05, 4.69) is 39.5 Å². The number of hydrogen-bond donors (Lipinski definition) is 1. The van der Waals surface area contributed by atoms with Gasteiger partial charge >= 0.3 is 0 Å². The van der Waals surface area contributed by atoms with Gasteiger partial charge in [-0.1, -0.05) is 24.3 Å². The maximum atomic E-state index is 12.5. The molecular formula is C25H27N3O2. The second kappa shape index (κ2) is 8.99. The Hall–Kier alpha value is -3.34. The second-order valence-electron chi connectivity index (χ2n) is 7.67. The van der Waals surface area contributed by atoms with Crippen LogP contribution in [0.5, 0.6) is 5.75 Å². The van der Waals surface area contributed by atoms with E-state index < -0.39 is 0 Å². The van der Waals surface area contributed by atoms with E-state index in [9.17, 15) is 4.79 Å². The third-order valence-corrected chi connectivity index (χ3v) is 5.56. The Kier molecular flexibility index (Phi) is 5.98. The smallest absolute Gasteiger partial charge is 0.224 e. The minimum Gasteiger partial charge on any atom is -0.496 e. The number of aryl methyl sites for hydroxylation is 2. The molecule has 0 saturated carbocycles. The molecule has 4 rings (SSSR count). The van der Waals surface area contributed by atoms with Gasteiger partial charge in [0.25, 0.3) is 0 Å². The first-order chi connectivity index (χ1) is 14.6. The Morgan fingerprint density at radius 3 is 2.83 bits per heavy atom. The van der Waals surface area contributed by atoms with Crippen LogP contribution in [0.1, 0.15) is 28.8 Å². The van der Waals surface area contributed by atoms with Crippen LogP contribution in [0.15, 0.2) is 60.8 Å². The molecule has 0 radical (unpaired) electrons. The molecule has 5 heteroatoms. The molecule has 0 aliphatic carbocycles. The highest BCUT2D eigenvalue weighted by Crippen LogP contribution is 2.27. The molecule has 0 fully saturated rings. The first-order valence-electron chi connectivity index (χ1n) is 10.3. The molecule has 1 aromatic heterocycles. The van der Waals surface area contributed by atoms with Gasteiger partial charge in [0.15, 0.2) is 0 Å². The number of amides is 1. The number of ether oxygens (including phenoxy) is 1. The number of nitrogens with zero attached hydrogens (tertiary/aromatic N) is 2. The standard InChI is InChI=1S/C25H27N3O2/c1-18-15-23(11-13-26-18)28-14-12-19-7-9-22(16-21(19)17-28)27-25(29)10-8-20-5-3-4-6-24(20)30-2/h3-7,9,11,13,15-16H,8,10,12,14,17H2,1-2H3,(H,27,29). The van der Waals surface area contributed by atoms with Crippen molar-refractivity contribution in [1.29, 1.82) is 0 Å². The highest BCUT2D eigenvalue weighted by Gasteiger charge is 2.18. The summed E-state index contributed by atoms with van der Waals surface area (Å²) in [5.74, 6) is 0.837. The molecule has 2 heterocycles. The quantitative estimate of drug-likeness (QED) is 0.659. The van der Waals surface area contributed by atoms with Crippen LogP contribution in [0, 0.1) is 6.92 Å². The van der Waals surface area contributed by atoms with Gasteiger partial charge in [-0.05, 0) is 66.8 Å². The Labute approximate surface area is 177 Å². The monoisotopic (exact) mass is 401 g/mol. The average molecular weight is 402 g/mol. The molecule has 0 unspecified atom stereocenters. The number of carbonyl (C=O) groups excluding carboxylic acids is 1. The lowest BCUT2D eigenvalue weighted by molar-refractivity contribution is -0.116. The summed E-state index contributed by atoms with van der Waals surface area (Å²) < 4.78 is 5.37. The van der Waals surface area contributed by atoms with E-state index in [0.29, 0.717) is 12.8 Å². The minimum atomic E-state index is 0.0123. The van der Waals surface area contributed by atoms with Crippen molar-refractivity contribution in [2.45, 2.75) is 32.7 Å². The van der Waals surface area contributed by atoms with E-state index in [4.69, 9.17) is 4.74 Å². The number of fused-ring (bicyclic) bond motifs is 1. The summed E-state index contributed by atoms with van der Waals surface area (Å²) in [6, 6.07) is 18.3. The van der Waals surface area contributed by atoms with Crippen LogP contribution in [0.3, 0.4) is 0 Å². The molecule has 0 saturated heterocycles. The largest absolute Gasteiger partial charge is 0.496 e. The topological polar surface area (TPSA) is 54.5 Å². The summed E-state index contributed by atoms with van der Waals surface area (Å²) in [7, 11) is 1.66. The first-order valence-corrected chi connectivity index (χ1v) is 10.3. The van der Waals surface area contributed by atoms with Gasteiger partial charge in [0.1, 0.15) is 5.75 Å². The first kappa shape index (κ1) is 20.0. The number of para-hydroxylation sites is 1. The summed E-state index contributed by atoms with van der Waals surface area (Å²) in [6.45, 7) is 3.84. The van der Waals surface area contributed by atoms with Crippen LogP contribution >= 0.6 is 0 Å². The van der Waals surface area contributed by atoms with Crippen molar-refractivity contribution in [3.05, 3.63) is 83.2 Å². The van der Waals surface area contributed by atoms with Crippen LogP contribution in [-0.2, 0) is 24.2 Å². The third kappa shape index (κ3) is 4.62. The number of hydrogen-bond acceptors (Lipinski definition) is 4. The van der Waals surface area contributed by atoms with Gasteiger partial charge in [-0.3, -0.25) is 9.78 Å². The molecular weight excluding hydrogens is 374 g/mol. The second-order valence-corrected chi connectivity index (χ2v) is 7.67. The average Bonchev–Trinajstić information content (AvgIpc) is 2.77. The van der Waals surface area contributed by atoms with E-state index >= 15 is 0 Å². The molecule has 2 aromatic carbocycles. The van der Waals surface area contributed by atoms with Crippen molar-refractivity contribution in [1.82, 2.24) is 4.98 Å². The van der Waals surface area contributed by atoms with Crippen LogP contribution in [0.25, 0.3) is 0 Å². The van der Waals surface area contributed by atoms with Crippen LogP contribution in [-0.4, -0.2) is 24.5 Å². The summed E-state index contributed by atoms with van der Waals surface area (Å²) in [6.07, 6.45) is 3.92. The SMILES string of the molecule is COc1ccccc1CCC(=O)Nc1ccc2c(c1)CN(c1ccnc(C)c1)CC2. The highest BCUT2D eigenvalue weighted by molar-refractivity contribution is 5.91. The molecule has 0 atom stereocenters. The summed E-state index contributed by atoms with van der Waals surface area (Å²) in [4.78, 5) is 19.2. The summed E-state index contributed by atoms with van der Waals surface area (Å²) in [5, 5.41) is 3.06. The maximum Gasteiger partial charge on any atom is 0.224 e. The molecule has 1 aliphatic rings. The molecule has 5 nitrogen and oxygen atoms in total. The Bertz CT molecular complexity index is 1050. The predicted octanol–water partition coefficient (Wildman–Crippen LogP) is 4.53. The Morgan fingerprint density at radius 1 is 1.13 bits per heavy atom. The van der Waals surface area contributed by atoms with Gasteiger partial charge in [-0.25, -0.2) is 0 Å². The Morgan fingerprint density at radius 2 is 2.00 bits per heavy atom. The molecule has 1 N–H and O–H groups in total. The van der Waals surface area contributed by atoms with Gasteiger partial charge in [0.05, 0.1) is 7.11 Å². The third-order valence-electron chi connectivity index (χ3n) is 5.56. The number of pyridine rings is 1. The fraction of sp³-hybridized carbons (Fsp3) is 0.280. The minimum absolute atomic E-state index is 0.0123. The zero-order chi connectivity index (χ0) is 20.9. The highest BCUT2D eigenvalue weighted by atomic mass is 16.5. The lowest BCUT2D eigenvalue weighted by Gasteiger charge is -2.31. The Balaban J connectivity index is 1.40. The van der Waals surface area contributed by atoms with Crippen molar-refractivity contribution in [3.63, 3.8) is 0 Å². The van der Waals surface area contributed by atoms with E-state index in [0.717, 1.165) is 42.2 Å². The number of anilines is 2. The maximum absolute atomic E-state index is 12.5. The number of nitrogens with one attached hydrogen (secondary N) is 1. The zero-order valence-electron chi connectivity index (χ0n) is 17.5. The molecule has 30 heavy (non-hydrogen) atoms. The van der Waals surface area contributed by atoms with Gasteiger partial charge in [0, 0.05) is 42.8 Å². The van der Waals surface area contributed by atoms with Gasteiger partial charge in [-0.15, -0.1) is 0 Å². The number of carbonyl (C=O) groups is 1. The predicted molar refractivity (Wildman–Crippen MR) is 120 cm³/mol. The van der Waals surface area contributed by atoms with E-state index in [-0.39, 0.29) is 5.91 Å². The number of rotatable bonds is 6. The van der Waals surface area contributed by atoms with E-state index in [1.807, 2.05) is 43.5 Å². The fourth-order valence-electron chi connectivity index (χ4n) is 3.96. The fourth-order valence-corrected chi connectivity index (χ4v) is 3.96. The lowest BCUT2D eigenvalue weighted by atomic mass is 9.98. The van der Waals surface area contributed by atoms with Crippen LogP contribution < -0.4 is 15.0 Å². The van der Waals surface area contributed by atoms with Crippen LogP contribution in [0.2, 0.25) is 0 Å².